The van der Waals surface area contributed by atoms with Crippen LogP contribution in [-0.2, 0) is 14.3 Å². The second kappa shape index (κ2) is 12.3. The lowest BCUT2D eigenvalue weighted by Gasteiger charge is -2.19. The number of methoxy groups -OCH3 is 1. The average Bonchev–Trinajstić information content (AvgIpc) is 2.46. The maximum atomic E-state index is 11.6. The van der Waals surface area contributed by atoms with E-state index in [-0.39, 0.29) is 0 Å². The summed E-state index contributed by atoms with van der Waals surface area (Å²) in [6, 6.07) is -0.770. The van der Waals surface area contributed by atoms with E-state index in [0.717, 1.165) is 19.3 Å². The van der Waals surface area contributed by atoms with E-state index in [2.05, 4.69) is 17.0 Å². The van der Waals surface area contributed by atoms with Crippen LogP contribution in [-0.4, -0.2) is 28.8 Å². The van der Waals surface area contributed by atoms with E-state index in [0.29, 0.717) is 6.42 Å². The average molecular weight is 375 g/mol. The number of halogens is 3. The molecule has 1 N–H and O–H groups in total. The number of rotatable bonds is 11. The zero-order valence-corrected chi connectivity index (χ0v) is 15.6. The number of nitrogens with one attached hydrogen (secondary N) is 1. The Bertz CT molecular complexity index is 332. The van der Waals surface area contributed by atoms with E-state index in [9.17, 15) is 9.59 Å². The molecule has 0 aliphatic rings. The summed E-state index contributed by atoms with van der Waals surface area (Å²) in [5.74, 6) is -1.34. The highest BCUT2D eigenvalue weighted by Crippen LogP contribution is 2.26. The highest BCUT2D eigenvalue weighted by atomic mass is 35.6. The molecule has 0 saturated heterocycles. The Morgan fingerprint density at radius 1 is 1.00 bits per heavy atom. The summed E-state index contributed by atoms with van der Waals surface area (Å²) in [6.07, 6.45) is 9.67. The maximum Gasteiger partial charge on any atom is 0.328 e. The lowest BCUT2D eigenvalue weighted by molar-refractivity contribution is -0.145. The Hall–Kier alpha value is -0.190. The van der Waals surface area contributed by atoms with Gasteiger partial charge in [-0.05, 0) is 6.42 Å². The Morgan fingerprint density at radius 2 is 1.50 bits per heavy atom. The van der Waals surface area contributed by atoms with Gasteiger partial charge in [0, 0.05) is 0 Å². The van der Waals surface area contributed by atoms with E-state index < -0.39 is 21.7 Å². The van der Waals surface area contributed by atoms with Gasteiger partial charge in [-0.2, -0.15) is 0 Å². The molecule has 130 valence electrons. The topological polar surface area (TPSA) is 55.4 Å². The summed E-state index contributed by atoms with van der Waals surface area (Å²) in [6.45, 7) is 2.19. The van der Waals surface area contributed by atoms with Crippen molar-refractivity contribution in [1.82, 2.24) is 5.32 Å². The quantitative estimate of drug-likeness (QED) is 0.328. The van der Waals surface area contributed by atoms with Crippen molar-refractivity contribution in [2.24, 2.45) is 0 Å². The molecule has 0 rings (SSSR count). The Morgan fingerprint density at radius 3 is 1.95 bits per heavy atom. The minimum absolute atomic E-state index is 0.480. The van der Waals surface area contributed by atoms with Crippen LogP contribution in [0.4, 0.5) is 0 Å². The first-order valence-electron chi connectivity index (χ1n) is 7.78. The summed E-state index contributed by atoms with van der Waals surface area (Å²) < 4.78 is 2.59. The molecule has 0 saturated carbocycles. The van der Waals surface area contributed by atoms with E-state index >= 15 is 0 Å². The number of carbonyl (C=O) groups excluding carboxylic acids is 2. The van der Waals surface area contributed by atoms with Gasteiger partial charge in [-0.15, -0.1) is 0 Å². The summed E-state index contributed by atoms with van der Waals surface area (Å²) >= 11 is 16.5. The molecule has 1 amide bonds. The van der Waals surface area contributed by atoms with Gasteiger partial charge in [-0.25, -0.2) is 4.79 Å². The predicted octanol–water partition coefficient (Wildman–Crippen LogP) is 4.55. The van der Waals surface area contributed by atoms with E-state index in [4.69, 9.17) is 34.8 Å². The van der Waals surface area contributed by atoms with Crippen LogP contribution in [0, 0.1) is 0 Å². The molecule has 0 fully saturated rings. The van der Waals surface area contributed by atoms with Crippen LogP contribution in [0.25, 0.3) is 0 Å². The molecular weight excluding hydrogens is 349 g/mol. The molecule has 1 atom stereocenters. The van der Waals surface area contributed by atoms with E-state index in [1.165, 1.54) is 39.2 Å². The van der Waals surface area contributed by atoms with Gasteiger partial charge in [0.1, 0.15) is 6.04 Å². The molecule has 4 nitrogen and oxygen atoms in total. The molecule has 1 unspecified atom stereocenters. The Labute approximate surface area is 148 Å². The molecule has 0 heterocycles. The third kappa shape index (κ3) is 10.5. The van der Waals surface area contributed by atoms with Crippen LogP contribution in [0.5, 0.6) is 0 Å². The second-order valence-electron chi connectivity index (χ2n) is 5.31. The first-order valence-corrected chi connectivity index (χ1v) is 8.91. The van der Waals surface area contributed by atoms with Crippen molar-refractivity contribution in [3.63, 3.8) is 0 Å². The number of carbonyl (C=O) groups is 2. The lowest BCUT2D eigenvalue weighted by Crippen LogP contribution is -2.46. The second-order valence-corrected chi connectivity index (χ2v) is 7.59. The van der Waals surface area contributed by atoms with Crippen LogP contribution in [0.3, 0.4) is 0 Å². The van der Waals surface area contributed by atoms with Crippen molar-refractivity contribution in [3.8, 4) is 0 Å². The number of hydrogen-bond acceptors (Lipinski definition) is 3. The highest BCUT2D eigenvalue weighted by Gasteiger charge is 2.34. The predicted molar refractivity (Wildman–Crippen MR) is 91.5 cm³/mol. The van der Waals surface area contributed by atoms with Crippen LogP contribution in [0.1, 0.15) is 64.7 Å². The zero-order valence-electron chi connectivity index (χ0n) is 13.3. The molecule has 0 radical (unpaired) electrons. The van der Waals surface area contributed by atoms with Crippen LogP contribution in [0.15, 0.2) is 0 Å². The standard InChI is InChI=1S/C15H26Cl3NO3/c1-3-4-5-6-7-8-9-10-11-12(13(20)22-2)19-14(21)15(16,17)18/h12H,3-11H2,1-2H3,(H,19,21). The lowest BCUT2D eigenvalue weighted by atomic mass is 10.0. The molecule has 0 aliphatic heterocycles. The molecule has 0 bridgehead atoms. The number of hydrogen-bond donors (Lipinski definition) is 1. The molecular formula is C15H26Cl3NO3. The van der Waals surface area contributed by atoms with Crippen molar-refractivity contribution in [1.29, 1.82) is 0 Å². The molecule has 0 aromatic carbocycles. The first-order chi connectivity index (χ1) is 10.3. The summed E-state index contributed by atoms with van der Waals surface area (Å²) in [5.41, 5.74) is 0. The number of ether oxygens (including phenoxy) is 1. The SMILES string of the molecule is CCCCCCCCCCC(NC(=O)C(Cl)(Cl)Cl)C(=O)OC. The summed E-state index contributed by atoms with van der Waals surface area (Å²) in [7, 11) is 1.27. The van der Waals surface area contributed by atoms with Gasteiger partial charge in [0.25, 0.3) is 9.70 Å². The summed E-state index contributed by atoms with van der Waals surface area (Å²) in [5, 5.41) is 2.42. The summed E-state index contributed by atoms with van der Waals surface area (Å²) in [4.78, 5) is 23.3. The van der Waals surface area contributed by atoms with Gasteiger partial charge in [-0.3, -0.25) is 4.79 Å². The van der Waals surface area contributed by atoms with Crippen molar-refractivity contribution >= 4 is 46.7 Å². The van der Waals surface area contributed by atoms with E-state index in [1.807, 2.05) is 0 Å². The minimum Gasteiger partial charge on any atom is -0.467 e. The molecule has 0 aliphatic carbocycles. The van der Waals surface area contributed by atoms with Crippen molar-refractivity contribution in [2.75, 3.05) is 7.11 Å². The van der Waals surface area contributed by atoms with Gasteiger partial charge in [-0.1, -0.05) is 93.1 Å². The van der Waals surface area contributed by atoms with Crippen molar-refractivity contribution in [2.45, 2.75) is 74.5 Å². The molecule has 22 heavy (non-hydrogen) atoms. The minimum atomic E-state index is -2.08. The van der Waals surface area contributed by atoms with Crippen LogP contribution >= 0.6 is 34.8 Å². The van der Waals surface area contributed by atoms with Crippen LogP contribution in [0.2, 0.25) is 0 Å². The monoisotopic (exact) mass is 373 g/mol. The van der Waals surface area contributed by atoms with Gasteiger partial charge in [0.05, 0.1) is 7.11 Å². The largest absolute Gasteiger partial charge is 0.467 e. The third-order valence-electron chi connectivity index (χ3n) is 3.39. The van der Waals surface area contributed by atoms with Crippen molar-refractivity contribution < 1.29 is 14.3 Å². The van der Waals surface area contributed by atoms with Gasteiger partial charge < -0.3 is 10.1 Å². The normalized spacial score (nSPS) is 12.8. The molecule has 0 spiro atoms. The van der Waals surface area contributed by atoms with E-state index in [1.54, 1.807) is 0 Å². The molecule has 0 aromatic rings. The zero-order chi connectivity index (χ0) is 17.0. The highest BCUT2D eigenvalue weighted by molar-refractivity contribution is 6.76. The number of unbranched alkanes of at least 4 members (excludes halogenated alkanes) is 7. The number of esters is 1. The number of alkyl halides is 3. The van der Waals surface area contributed by atoms with Crippen LogP contribution < -0.4 is 5.32 Å². The smallest absolute Gasteiger partial charge is 0.328 e. The number of amides is 1. The molecule has 7 heteroatoms. The Kier molecular flexibility index (Phi) is 12.2. The van der Waals surface area contributed by atoms with Crippen molar-refractivity contribution in [3.05, 3.63) is 0 Å². The maximum absolute atomic E-state index is 11.6. The first kappa shape index (κ1) is 21.8. The fourth-order valence-electron chi connectivity index (χ4n) is 2.11. The third-order valence-corrected chi connectivity index (χ3v) is 3.91. The molecule has 0 aromatic heterocycles. The van der Waals surface area contributed by atoms with Gasteiger partial charge >= 0.3 is 5.97 Å². The fourth-order valence-corrected chi connectivity index (χ4v) is 2.28. The Balaban J connectivity index is 4.02. The van der Waals surface area contributed by atoms with Gasteiger partial charge in [0.2, 0.25) is 0 Å². The van der Waals surface area contributed by atoms with Gasteiger partial charge in [0.15, 0.2) is 0 Å². The fraction of sp³-hybridized carbons (Fsp3) is 0.867.